The Morgan fingerprint density at radius 2 is 1.91 bits per heavy atom. The molecule has 6 nitrogen and oxygen atoms in total. The van der Waals surface area contributed by atoms with E-state index in [9.17, 15) is 13.2 Å². The Kier molecular flexibility index (Phi) is 4.40. The van der Waals surface area contributed by atoms with E-state index in [1.807, 2.05) is 0 Å². The zero-order valence-electron chi connectivity index (χ0n) is 10.9. The summed E-state index contributed by atoms with van der Waals surface area (Å²) in [6.07, 6.45) is -3.77. The number of nitrogens with zero attached hydrogens (tertiary/aromatic N) is 4. The van der Waals surface area contributed by atoms with Crippen LogP contribution in [0.15, 0.2) is 17.3 Å². The molecule has 0 spiro atoms. The van der Waals surface area contributed by atoms with Crippen LogP contribution >= 0.6 is 23.2 Å². The second kappa shape index (κ2) is 5.98. The van der Waals surface area contributed by atoms with Gasteiger partial charge in [-0.15, -0.1) is 0 Å². The van der Waals surface area contributed by atoms with Crippen LogP contribution in [0.5, 0.6) is 0 Å². The van der Waals surface area contributed by atoms with Gasteiger partial charge in [0.1, 0.15) is 17.6 Å². The number of anilines is 1. The monoisotopic (exact) mass is 363 g/mol. The van der Waals surface area contributed by atoms with Crippen LogP contribution < -0.4 is 5.73 Å². The van der Waals surface area contributed by atoms with Crippen molar-refractivity contribution in [2.75, 3.05) is 5.73 Å². The first kappa shape index (κ1) is 16.9. The third-order valence-corrected chi connectivity index (χ3v) is 3.38. The molecule has 0 aliphatic heterocycles. The first-order chi connectivity index (χ1) is 10.7. The lowest BCUT2D eigenvalue weighted by molar-refractivity contribution is -0.137. The Morgan fingerprint density at radius 1 is 1.35 bits per heavy atom. The van der Waals surface area contributed by atoms with Crippen molar-refractivity contribution in [3.63, 3.8) is 0 Å². The predicted octanol–water partition coefficient (Wildman–Crippen LogP) is 3.46. The van der Waals surface area contributed by atoms with Crippen molar-refractivity contribution in [3.8, 4) is 11.8 Å². The summed E-state index contributed by atoms with van der Waals surface area (Å²) in [5.41, 5.74) is 4.35. The van der Waals surface area contributed by atoms with E-state index in [2.05, 4.69) is 10.3 Å². The number of benzene rings is 1. The first-order valence-corrected chi connectivity index (χ1v) is 6.49. The Bertz CT molecular complexity index is 815. The maximum Gasteiger partial charge on any atom is 0.416 e. The standard InChI is InChI=1S/C12H6Cl2F3N5O/c13-7-1-5(12(15,16)17)2-8(14)10(7)22-11(19)6(4-20-23)9(3-18)21-22/h1-2,4,23H,19H2/b20-4+. The number of oxime groups is 1. The fraction of sp³-hybridized carbons (Fsp3) is 0.0833. The highest BCUT2D eigenvalue weighted by atomic mass is 35.5. The average molecular weight is 364 g/mol. The van der Waals surface area contributed by atoms with Gasteiger partial charge in [0, 0.05) is 0 Å². The topological polar surface area (TPSA) is 100 Å². The number of hydrogen-bond donors (Lipinski definition) is 2. The lowest BCUT2D eigenvalue weighted by Crippen LogP contribution is -2.08. The van der Waals surface area contributed by atoms with E-state index in [1.165, 1.54) is 0 Å². The molecule has 1 aromatic carbocycles. The summed E-state index contributed by atoms with van der Waals surface area (Å²) in [5.74, 6) is -0.178. The van der Waals surface area contributed by atoms with Crippen molar-refractivity contribution in [1.82, 2.24) is 9.78 Å². The number of nitriles is 1. The molecule has 0 radical (unpaired) electrons. The quantitative estimate of drug-likeness (QED) is 0.484. The minimum Gasteiger partial charge on any atom is -0.411 e. The Hall–Kier alpha value is -2.44. The number of hydrogen-bond acceptors (Lipinski definition) is 5. The fourth-order valence-corrected chi connectivity index (χ4v) is 2.46. The average Bonchev–Trinajstić information content (AvgIpc) is 2.75. The lowest BCUT2D eigenvalue weighted by atomic mass is 10.2. The third kappa shape index (κ3) is 3.04. The van der Waals surface area contributed by atoms with Crippen molar-refractivity contribution < 1.29 is 18.4 Å². The molecule has 23 heavy (non-hydrogen) atoms. The minimum atomic E-state index is -4.63. The van der Waals surface area contributed by atoms with E-state index < -0.39 is 11.7 Å². The van der Waals surface area contributed by atoms with Crippen molar-refractivity contribution in [2.45, 2.75) is 6.18 Å². The molecule has 0 saturated carbocycles. The molecule has 3 N–H and O–H groups in total. The summed E-state index contributed by atoms with van der Waals surface area (Å²) in [4.78, 5) is 0. The summed E-state index contributed by atoms with van der Waals surface area (Å²) in [6, 6.07) is 3.03. The molecule has 0 aliphatic carbocycles. The van der Waals surface area contributed by atoms with Crippen LogP contribution in [0.2, 0.25) is 10.0 Å². The number of nitrogens with two attached hydrogens (primary N) is 1. The van der Waals surface area contributed by atoms with E-state index >= 15 is 0 Å². The van der Waals surface area contributed by atoms with Gasteiger partial charge < -0.3 is 10.9 Å². The molecule has 1 aromatic heterocycles. The van der Waals surface area contributed by atoms with E-state index in [4.69, 9.17) is 39.4 Å². The summed E-state index contributed by atoms with van der Waals surface area (Å²) in [5, 5.41) is 23.4. The molecule has 120 valence electrons. The highest BCUT2D eigenvalue weighted by Crippen LogP contribution is 2.38. The van der Waals surface area contributed by atoms with Crippen LogP contribution in [0.1, 0.15) is 16.8 Å². The molecule has 0 aliphatic rings. The van der Waals surface area contributed by atoms with Crippen LogP contribution in [0.4, 0.5) is 19.0 Å². The molecule has 2 rings (SSSR count). The molecular weight excluding hydrogens is 358 g/mol. The molecule has 1 heterocycles. The summed E-state index contributed by atoms with van der Waals surface area (Å²) in [7, 11) is 0. The highest BCUT2D eigenvalue weighted by molar-refractivity contribution is 6.38. The summed E-state index contributed by atoms with van der Waals surface area (Å²) < 4.78 is 39.1. The van der Waals surface area contributed by atoms with Gasteiger partial charge in [-0.1, -0.05) is 28.4 Å². The van der Waals surface area contributed by atoms with Gasteiger partial charge in [0.05, 0.1) is 27.4 Å². The maximum absolute atomic E-state index is 12.7. The van der Waals surface area contributed by atoms with Crippen molar-refractivity contribution in [3.05, 3.63) is 39.0 Å². The lowest BCUT2D eigenvalue weighted by Gasteiger charge is -2.13. The summed E-state index contributed by atoms with van der Waals surface area (Å²) >= 11 is 11.7. The first-order valence-electron chi connectivity index (χ1n) is 5.73. The van der Waals surface area contributed by atoms with Gasteiger partial charge in [0.2, 0.25) is 0 Å². The smallest absolute Gasteiger partial charge is 0.411 e. The van der Waals surface area contributed by atoms with Crippen molar-refractivity contribution in [2.24, 2.45) is 5.16 Å². The zero-order valence-corrected chi connectivity index (χ0v) is 12.4. The molecule has 0 amide bonds. The van der Waals surface area contributed by atoms with E-state index in [1.54, 1.807) is 6.07 Å². The highest BCUT2D eigenvalue weighted by Gasteiger charge is 2.32. The molecular formula is C12H6Cl2F3N5O. The van der Waals surface area contributed by atoms with Crippen LogP contribution in [-0.2, 0) is 6.18 Å². The molecule has 11 heteroatoms. The SMILES string of the molecule is N#Cc1nn(-c2c(Cl)cc(C(F)(F)F)cc2Cl)c(N)c1/C=N/O. The van der Waals surface area contributed by atoms with Gasteiger partial charge in [0.15, 0.2) is 5.69 Å². The number of halogens is 5. The Morgan fingerprint density at radius 3 is 2.35 bits per heavy atom. The number of nitrogen functional groups attached to an aromatic ring is 1. The number of alkyl halides is 3. The van der Waals surface area contributed by atoms with E-state index in [0.29, 0.717) is 12.1 Å². The third-order valence-electron chi connectivity index (χ3n) is 2.81. The molecule has 0 bridgehead atoms. The van der Waals surface area contributed by atoms with Gasteiger partial charge >= 0.3 is 6.18 Å². The van der Waals surface area contributed by atoms with Gasteiger partial charge in [-0.25, -0.2) is 4.68 Å². The van der Waals surface area contributed by atoms with Gasteiger partial charge in [-0.05, 0) is 12.1 Å². The van der Waals surface area contributed by atoms with E-state index in [0.717, 1.165) is 10.9 Å². The zero-order chi connectivity index (χ0) is 17.4. The predicted molar refractivity (Wildman–Crippen MR) is 77.1 cm³/mol. The normalized spacial score (nSPS) is 11.8. The fourth-order valence-electron chi connectivity index (χ4n) is 1.81. The van der Waals surface area contributed by atoms with Crippen molar-refractivity contribution in [1.29, 1.82) is 5.26 Å². The van der Waals surface area contributed by atoms with Gasteiger partial charge in [0.25, 0.3) is 0 Å². The number of aromatic nitrogens is 2. The van der Waals surface area contributed by atoms with Crippen LogP contribution in [0.3, 0.4) is 0 Å². The maximum atomic E-state index is 12.7. The van der Waals surface area contributed by atoms with Gasteiger partial charge in [-0.2, -0.15) is 23.5 Å². The molecule has 0 atom stereocenters. The van der Waals surface area contributed by atoms with Gasteiger partial charge in [-0.3, -0.25) is 0 Å². The largest absolute Gasteiger partial charge is 0.416 e. The van der Waals surface area contributed by atoms with Crippen LogP contribution in [0.25, 0.3) is 5.69 Å². The molecule has 2 aromatic rings. The molecule has 0 saturated heterocycles. The molecule has 0 fully saturated rings. The second-order valence-corrected chi connectivity index (χ2v) is 5.02. The van der Waals surface area contributed by atoms with Crippen LogP contribution in [0, 0.1) is 11.3 Å². The Labute approximate surface area is 137 Å². The summed E-state index contributed by atoms with van der Waals surface area (Å²) in [6.45, 7) is 0. The van der Waals surface area contributed by atoms with Crippen LogP contribution in [-0.4, -0.2) is 21.2 Å². The molecule has 0 unspecified atom stereocenters. The van der Waals surface area contributed by atoms with E-state index in [-0.39, 0.29) is 32.8 Å². The Balaban J connectivity index is 2.72. The minimum absolute atomic E-state index is 0.0259. The van der Waals surface area contributed by atoms with Crippen molar-refractivity contribution >= 4 is 35.2 Å². The number of rotatable bonds is 2. The second-order valence-electron chi connectivity index (χ2n) is 4.20.